The summed E-state index contributed by atoms with van der Waals surface area (Å²) in [5, 5.41) is 8.38. The predicted molar refractivity (Wildman–Crippen MR) is 76.2 cm³/mol. The number of methoxy groups -OCH3 is 2. The van der Waals surface area contributed by atoms with E-state index in [9.17, 15) is 0 Å². The normalized spacial score (nSPS) is 12.2. The van der Waals surface area contributed by atoms with Crippen molar-refractivity contribution in [1.82, 2.24) is 15.0 Å². The van der Waals surface area contributed by atoms with Gasteiger partial charge in [-0.25, -0.2) is 0 Å². The number of hydrogen-bond acceptors (Lipinski definition) is 5. The van der Waals surface area contributed by atoms with Crippen molar-refractivity contribution >= 4 is 11.6 Å². The van der Waals surface area contributed by atoms with Gasteiger partial charge < -0.3 is 15.2 Å². The summed E-state index contributed by atoms with van der Waals surface area (Å²) >= 11 is 6.17. The van der Waals surface area contributed by atoms with E-state index < -0.39 is 0 Å². The molecule has 0 aliphatic heterocycles. The Kier molecular flexibility index (Phi) is 4.46. The van der Waals surface area contributed by atoms with Crippen molar-refractivity contribution in [2.45, 2.75) is 12.5 Å². The third-order valence-corrected chi connectivity index (χ3v) is 3.24. The van der Waals surface area contributed by atoms with Crippen LogP contribution in [-0.4, -0.2) is 29.2 Å². The standard InChI is InChI=1S/C13H17ClN4O2/c1-18-7-9(16-17-18)6-11(15)8-4-10(14)13(20-3)12(5-8)19-2/h4-5,7,11H,6,15H2,1-3H3. The van der Waals surface area contributed by atoms with Gasteiger partial charge in [-0.15, -0.1) is 5.10 Å². The summed E-state index contributed by atoms with van der Waals surface area (Å²) in [5.41, 5.74) is 7.87. The van der Waals surface area contributed by atoms with Gasteiger partial charge in [0.25, 0.3) is 0 Å². The van der Waals surface area contributed by atoms with Crippen LogP contribution in [0, 0.1) is 0 Å². The molecule has 0 amide bonds. The Morgan fingerprint density at radius 1 is 1.35 bits per heavy atom. The minimum atomic E-state index is -0.246. The van der Waals surface area contributed by atoms with E-state index in [0.29, 0.717) is 22.9 Å². The van der Waals surface area contributed by atoms with Crippen molar-refractivity contribution in [1.29, 1.82) is 0 Å². The van der Waals surface area contributed by atoms with Gasteiger partial charge in [0.1, 0.15) is 0 Å². The van der Waals surface area contributed by atoms with Gasteiger partial charge in [-0.2, -0.15) is 0 Å². The zero-order valence-corrected chi connectivity index (χ0v) is 12.4. The number of hydrogen-bond donors (Lipinski definition) is 1. The van der Waals surface area contributed by atoms with Gasteiger partial charge >= 0.3 is 0 Å². The quantitative estimate of drug-likeness (QED) is 0.909. The first kappa shape index (κ1) is 14.6. The first-order chi connectivity index (χ1) is 9.55. The summed E-state index contributed by atoms with van der Waals surface area (Å²) in [6.07, 6.45) is 2.40. The van der Waals surface area contributed by atoms with Gasteiger partial charge in [-0.05, 0) is 17.7 Å². The maximum absolute atomic E-state index is 6.19. The number of aromatic nitrogens is 3. The fourth-order valence-electron chi connectivity index (χ4n) is 1.98. The molecule has 2 N–H and O–H groups in total. The Morgan fingerprint density at radius 2 is 2.10 bits per heavy atom. The number of ether oxygens (including phenoxy) is 2. The summed E-state index contributed by atoms with van der Waals surface area (Å²) in [5.74, 6) is 1.06. The molecule has 1 aromatic heterocycles. The van der Waals surface area contributed by atoms with E-state index in [1.54, 1.807) is 25.0 Å². The van der Waals surface area contributed by atoms with Gasteiger partial charge in [0.15, 0.2) is 11.5 Å². The molecule has 6 nitrogen and oxygen atoms in total. The first-order valence-electron chi connectivity index (χ1n) is 6.07. The Labute approximate surface area is 122 Å². The second-order valence-corrected chi connectivity index (χ2v) is 4.84. The van der Waals surface area contributed by atoms with Crippen LogP contribution in [0.2, 0.25) is 5.02 Å². The van der Waals surface area contributed by atoms with E-state index in [1.165, 1.54) is 0 Å². The molecule has 7 heteroatoms. The molecule has 20 heavy (non-hydrogen) atoms. The highest BCUT2D eigenvalue weighted by atomic mass is 35.5. The van der Waals surface area contributed by atoms with Gasteiger partial charge in [-0.3, -0.25) is 4.68 Å². The lowest BCUT2D eigenvalue weighted by Crippen LogP contribution is -2.14. The van der Waals surface area contributed by atoms with Gasteiger partial charge in [-0.1, -0.05) is 16.8 Å². The van der Waals surface area contributed by atoms with Crippen LogP contribution in [0.15, 0.2) is 18.3 Å². The maximum atomic E-state index is 6.19. The van der Waals surface area contributed by atoms with Crippen LogP contribution in [0.25, 0.3) is 0 Å². The second-order valence-electron chi connectivity index (χ2n) is 4.43. The number of nitrogens with zero attached hydrogens (tertiary/aromatic N) is 3. The van der Waals surface area contributed by atoms with Gasteiger partial charge in [0.2, 0.25) is 0 Å². The number of nitrogens with two attached hydrogens (primary N) is 1. The minimum Gasteiger partial charge on any atom is -0.493 e. The molecule has 0 saturated carbocycles. The molecule has 0 bridgehead atoms. The number of benzene rings is 1. The molecule has 1 heterocycles. The number of aryl methyl sites for hydroxylation is 1. The first-order valence-corrected chi connectivity index (χ1v) is 6.45. The Hall–Kier alpha value is -1.79. The highest BCUT2D eigenvalue weighted by Crippen LogP contribution is 2.37. The van der Waals surface area contributed by atoms with Crippen LogP contribution in [0.5, 0.6) is 11.5 Å². The zero-order chi connectivity index (χ0) is 14.7. The Morgan fingerprint density at radius 3 is 2.65 bits per heavy atom. The van der Waals surface area contributed by atoms with E-state index in [1.807, 2.05) is 19.3 Å². The molecule has 0 spiro atoms. The van der Waals surface area contributed by atoms with E-state index in [-0.39, 0.29) is 6.04 Å². The van der Waals surface area contributed by atoms with Crippen LogP contribution in [0.4, 0.5) is 0 Å². The molecule has 2 rings (SSSR count). The van der Waals surface area contributed by atoms with Crippen LogP contribution in [0.3, 0.4) is 0 Å². The lowest BCUT2D eigenvalue weighted by Gasteiger charge is -2.15. The van der Waals surface area contributed by atoms with Crippen molar-refractivity contribution in [3.63, 3.8) is 0 Å². The second kappa shape index (κ2) is 6.11. The van der Waals surface area contributed by atoms with Crippen molar-refractivity contribution < 1.29 is 9.47 Å². The molecule has 0 aliphatic rings. The highest BCUT2D eigenvalue weighted by Gasteiger charge is 2.16. The molecule has 108 valence electrons. The van der Waals surface area contributed by atoms with Crippen LogP contribution in [-0.2, 0) is 13.5 Å². The number of rotatable bonds is 5. The van der Waals surface area contributed by atoms with Crippen molar-refractivity contribution in [3.8, 4) is 11.5 Å². The molecule has 2 aromatic rings. The fourth-order valence-corrected chi connectivity index (χ4v) is 2.28. The zero-order valence-electron chi connectivity index (χ0n) is 11.6. The topological polar surface area (TPSA) is 75.2 Å². The van der Waals surface area contributed by atoms with Crippen LogP contribution >= 0.6 is 11.6 Å². The van der Waals surface area contributed by atoms with E-state index in [0.717, 1.165) is 11.3 Å². The summed E-state index contributed by atoms with van der Waals surface area (Å²) in [7, 11) is 4.92. The fraction of sp³-hybridized carbons (Fsp3) is 0.385. The summed E-state index contributed by atoms with van der Waals surface area (Å²) in [4.78, 5) is 0. The summed E-state index contributed by atoms with van der Waals surface area (Å²) in [6, 6.07) is 3.36. The van der Waals surface area contributed by atoms with Crippen LogP contribution in [0.1, 0.15) is 17.3 Å². The average Bonchev–Trinajstić information content (AvgIpc) is 2.82. The molecular formula is C13H17ClN4O2. The van der Waals surface area contributed by atoms with Gasteiger partial charge in [0, 0.05) is 25.7 Å². The molecule has 1 unspecified atom stereocenters. The SMILES string of the molecule is COc1cc(C(N)Cc2cn(C)nn2)cc(Cl)c1OC. The molecule has 0 saturated heterocycles. The van der Waals surface area contributed by atoms with Crippen molar-refractivity contribution in [3.05, 3.63) is 34.6 Å². The third-order valence-electron chi connectivity index (χ3n) is 2.96. The van der Waals surface area contributed by atoms with E-state index in [2.05, 4.69) is 10.3 Å². The molecule has 0 aliphatic carbocycles. The summed E-state index contributed by atoms with van der Waals surface area (Å²) < 4.78 is 12.1. The maximum Gasteiger partial charge on any atom is 0.179 e. The van der Waals surface area contributed by atoms with E-state index >= 15 is 0 Å². The Balaban J connectivity index is 2.25. The Bertz CT molecular complexity index is 600. The highest BCUT2D eigenvalue weighted by molar-refractivity contribution is 6.32. The predicted octanol–water partition coefficient (Wildman–Crippen LogP) is 1.73. The molecule has 0 fully saturated rings. The number of halogens is 1. The summed E-state index contributed by atoms with van der Waals surface area (Å²) in [6.45, 7) is 0. The molecule has 0 radical (unpaired) electrons. The average molecular weight is 297 g/mol. The van der Waals surface area contributed by atoms with Crippen molar-refractivity contribution in [2.24, 2.45) is 12.8 Å². The largest absolute Gasteiger partial charge is 0.493 e. The lowest BCUT2D eigenvalue weighted by molar-refractivity contribution is 0.354. The smallest absolute Gasteiger partial charge is 0.179 e. The molecule has 1 atom stereocenters. The third kappa shape index (κ3) is 3.02. The minimum absolute atomic E-state index is 0.246. The van der Waals surface area contributed by atoms with Crippen molar-refractivity contribution in [2.75, 3.05) is 14.2 Å². The van der Waals surface area contributed by atoms with Gasteiger partial charge in [0.05, 0.1) is 24.9 Å². The van der Waals surface area contributed by atoms with Crippen LogP contribution < -0.4 is 15.2 Å². The monoisotopic (exact) mass is 296 g/mol. The van der Waals surface area contributed by atoms with E-state index in [4.69, 9.17) is 26.8 Å². The molecular weight excluding hydrogens is 280 g/mol. The molecule has 1 aromatic carbocycles. The lowest BCUT2D eigenvalue weighted by atomic mass is 10.0.